The minimum absolute atomic E-state index is 0.0314. The van der Waals surface area contributed by atoms with E-state index < -0.39 is 23.6 Å². The first-order valence-electron chi connectivity index (χ1n) is 9.59. The molecule has 2 N–H and O–H groups in total. The van der Waals surface area contributed by atoms with Crippen LogP contribution in [0.2, 0.25) is 5.02 Å². The molecule has 0 saturated carbocycles. The lowest BCUT2D eigenvalue weighted by atomic mass is 9.92. The standard InChI is InChI=1S/C22H23ClN2O5/c1-3-19(27)14-4-10-18(11-5-14)30-13-17(26)12-25-20(28)22(2,24-21(25)29)15-6-8-16(23)9-7-15/h4-11,17,26H,3,12-13H2,1-2H3,(H,24,29). The number of nitrogens with zero attached hydrogens (tertiary/aromatic N) is 1. The summed E-state index contributed by atoms with van der Waals surface area (Å²) in [6, 6.07) is 12.7. The molecule has 2 atom stereocenters. The van der Waals surface area contributed by atoms with Crippen LogP contribution in [0.1, 0.15) is 36.2 Å². The molecule has 1 saturated heterocycles. The second kappa shape index (κ2) is 8.85. The van der Waals surface area contributed by atoms with E-state index in [-0.39, 0.29) is 18.9 Å². The number of aliphatic hydroxyl groups is 1. The van der Waals surface area contributed by atoms with Crippen LogP contribution >= 0.6 is 11.6 Å². The number of β-amino-alcohol motifs (C(OH)–C–C–N with tert-alkyl or cyclic N) is 1. The molecule has 8 heteroatoms. The van der Waals surface area contributed by atoms with Crippen LogP contribution < -0.4 is 10.1 Å². The summed E-state index contributed by atoms with van der Waals surface area (Å²) in [5.74, 6) is 0.0464. The van der Waals surface area contributed by atoms with Crippen molar-refractivity contribution in [2.75, 3.05) is 13.2 Å². The number of Topliss-reactive ketones (excluding diaryl/α,β-unsaturated/α-hetero) is 1. The first kappa shape index (κ1) is 21.8. The molecule has 0 aliphatic carbocycles. The van der Waals surface area contributed by atoms with E-state index in [1.807, 2.05) is 0 Å². The van der Waals surface area contributed by atoms with Gasteiger partial charge in [-0.3, -0.25) is 14.5 Å². The van der Waals surface area contributed by atoms with Crippen molar-refractivity contribution in [1.29, 1.82) is 0 Å². The average molecular weight is 431 g/mol. The SMILES string of the molecule is CCC(=O)c1ccc(OCC(O)CN2C(=O)NC(C)(c3ccc(Cl)cc3)C2=O)cc1. The van der Waals surface area contributed by atoms with E-state index in [0.29, 0.717) is 28.3 Å². The molecule has 0 aromatic heterocycles. The van der Waals surface area contributed by atoms with Gasteiger partial charge in [0.2, 0.25) is 0 Å². The Morgan fingerprint density at radius 1 is 1.17 bits per heavy atom. The largest absolute Gasteiger partial charge is 0.491 e. The lowest BCUT2D eigenvalue weighted by Gasteiger charge is -2.23. The van der Waals surface area contributed by atoms with Gasteiger partial charge >= 0.3 is 6.03 Å². The van der Waals surface area contributed by atoms with Gasteiger partial charge in [-0.15, -0.1) is 0 Å². The summed E-state index contributed by atoms with van der Waals surface area (Å²) in [6.07, 6.45) is -0.663. The molecular formula is C22H23ClN2O5. The molecule has 1 heterocycles. The number of carbonyl (C=O) groups excluding carboxylic acids is 3. The van der Waals surface area contributed by atoms with Crippen molar-refractivity contribution in [3.8, 4) is 5.75 Å². The van der Waals surface area contributed by atoms with E-state index in [2.05, 4.69) is 5.32 Å². The number of imide groups is 1. The van der Waals surface area contributed by atoms with Crippen LogP contribution in [0.3, 0.4) is 0 Å². The monoisotopic (exact) mass is 430 g/mol. The molecule has 1 fully saturated rings. The van der Waals surface area contributed by atoms with Gasteiger partial charge in [0, 0.05) is 17.0 Å². The first-order valence-corrected chi connectivity index (χ1v) is 9.96. The summed E-state index contributed by atoms with van der Waals surface area (Å²) in [7, 11) is 0. The number of urea groups is 1. The minimum atomic E-state index is -1.23. The molecular weight excluding hydrogens is 408 g/mol. The molecule has 3 amide bonds. The Balaban J connectivity index is 1.60. The Labute approximate surface area is 179 Å². The van der Waals surface area contributed by atoms with Gasteiger partial charge in [-0.1, -0.05) is 30.7 Å². The van der Waals surface area contributed by atoms with E-state index >= 15 is 0 Å². The number of hydrogen-bond donors (Lipinski definition) is 2. The molecule has 3 rings (SSSR count). The van der Waals surface area contributed by atoms with E-state index in [0.717, 1.165) is 4.90 Å². The molecule has 7 nitrogen and oxygen atoms in total. The fourth-order valence-corrected chi connectivity index (χ4v) is 3.36. The van der Waals surface area contributed by atoms with Crippen LogP contribution in [0.5, 0.6) is 5.75 Å². The van der Waals surface area contributed by atoms with Gasteiger partial charge in [0.05, 0.1) is 6.54 Å². The van der Waals surface area contributed by atoms with E-state index in [9.17, 15) is 19.5 Å². The molecule has 0 bridgehead atoms. The number of hydrogen-bond acceptors (Lipinski definition) is 5. The van der Waals surface area contributed by atoms with Gasteiger partial charge in [0.1, 0.15) is 24.0 Å². The molecule has 1 aliphatic rings. The van der Waals surface area contributed by atoms with E-state index in [1.165, 1.54) is 0 Å². The topological polar surface area (TPSA) is 95.9 Å². The Hall–Kier alpha value is -2.90. The summed E-state index contributed by atoms with van der Waals surface area (Å²) < 4.78 is 5.52. The van der Waals surface area contributed by atoms with Crippen LogP contribution in [0.4, 0.5) is 4.79 Å². The minimum Gasteiger partial charge on any atom is -0.491 e. The number of rotatable bonds is 8. The Morgan fingerprint density at radius 3 is 2.40 bits per heavy atom. The predicted molar refractivity (Wildman–Crippen MR) is 112 cm³/mol. The summed E-state index contributed by atoms with van der Waals surface area (Å²) in [4.78, 5) is 37.9. The van der Waals surface area contributed by atoms with Gasteiger partial charge in [-0.25, -0.2) is 4.79 Å². The summed E-state index contributed by atoms with van der Waals surface area (Å²) in [5.41, 5.74) is -0.0457. The van der Waals surface area contributed by atoms with Crippen LogP contribution in [0.25, 0.3) is 0 Å². The van der Waals surface area contributed by atoms with E-state index in [4.69, 9.17) is 16.3 Å². The van der Waals surface area contributed by atoms with Crippen molar-refractivity contribution in [3.05, 3.63) is 64.7 Å². The molecule has 2 aromatic rings. The molecule has 158 valence electrons. The normalized spacial score (nSPS) is 19.5. The second-order valence-corrected chi connectivity index (χ2v) is 7.68. The van der Waals surface area contributed by atoms with E-state index in [1.54, 1.807) is 62.4 Å². The highest BCUT2D eigenvalue weighted by molar-refractivity contribution is 6.30. The molecule has 1 aliphatic heterocycles. The third-order valence-electron chi connectivity index (χ3n) is 5.03. The number of benzene rings is 2. The summed E-state index contributed by atoms with van der Waals surface area (Å²) in [5, 5.41) is 13.5. The maximum atomic E-state index is 12.9. The third kappa shape index (κ3) is 4.47. The molecule has 0 spiro atoms. The molecule has 30 heavy (non-hydrogen) atoms. The van der Waals surface area contributed by atoms with Crippen LogP contribution in [-0.4, -0.2) is 47.0 Å². The van der Waals surface area contributed by atoms with Crippen molar-refractivity contribution in [2.45, 2.75) is 31.9 Å². The van der Waals surface area contributed by atoms with Gasteiger partial charge in [-0.2, -0.15) is 0 Å². The fraction of sp³-hybridized carbons (Fsp3) is 0.318. The number of carbonyl (C=O) groups is 3. The van der Waals surface area contributed by atoms with Gasteiger partial charge in [0.25, 0.3) is 5.91 Å². The number of ether oxygens (including phenoxy) is 1. The van der Waals surface area contributed by atoms with Crippen LogP contribution in [0, 0.1) is 0 Å². The van der Waals surface area contributed by atoms with Gasteiger partial charge < -0.3 is 15.2 Å². The zero-order chi connectivity index (χ0) is 21.9. The zero-order valence-corrected chi connectivity index (χ0v) is 17.5. The van der Waals surface area contributed by atoms with Crippen LogP contribution in [0.15, 0.2) is 48.5 Å². The summed E-state index contributed by atoms with van der Waals surface area (Å²) >= 11 is 5.90. The third-order valence-corrected chi connectivity index (χ3v) is 5.28. The Bertz CT molecular complexity index is 945. The van der Waals surface area contributed by atoms with Gasteiger partial charge in [-0.05, 0) is 48.9 Å². The highest BCUT2D eigenvalue weighted by atomic mass is 35.5. The Kier molecular flexibility index (Phi) is 6.43. The summed E-state index contributed by atoms with van der Waals surface area (Å²) in [6.45, 7) is 3.07. The van der Waals surface area contributed by atoms with Crippen molar-refractivity contribution in [3.63, 3.8) is 0 Å². The Morgan fingerprint density at radius 2 is 1.80 bits per heavy atom. The average Bonchev–Trinajstić information content (AvgIpc) is 2.96. The van der Waals surface area contributed by atoms with Crippen molar-refractivity contribution < 1.29 is 24.2 Å². The molecule has 2 unspecified atom stereocenters. The van der Waals surface area contributed by atoms with Crippen LogP contribution in [-0.2, 0) is 10.3 Å². The second-order valence-electron chi connectivity index (χ2n) is 7.24. The van der Waals surface area contributed by atoms with Crippen molar-refractivity contribution in [2.24, 2.45) is 0 Å². The highest BCUT2D eigenvalue weighted by Crippen LogP contribution is 2.29. The molecule has 0 radical (unpaired) electrons. The lowest BCUT2D eigenvalue weighted by molar-refractivity contribution is -0.132. The quantitative estimate of drug-likeness (QED) is 0.495. The molecule has 2 aromatic carbocycles. The first-order chi connectivity index (χ1) is 14.2. The maximum absolute atomic E-state index is 12.9. The zero-order valence-electron chi connectivity index (χ0n) is 16.7. The highest BCUT2D eigenvalue weighted by Gasteiger charge is 2.49. The number of aliphatic hydroxyl groups excluding tert-OH is 1. The number of ketones is 1. The van der Waals surface area contributed by atoms with Crippen molar-refractivity contribution in [1.82, 2.24) is 10.2 Å². The number of amides is 3. The number of nitrogens with one attached hydrogen (secondary N) is 1. The van der Waals surface area contributed by atoms with Crippen molar-refractivity contribution >= 4 is 29.3 Å². The number of halogens is 1. The predicted octanol–water partition coefficient (Wildman–Crippen LogP) is 3.14. The smallest absolute Gasteiger partial charge is 0.325 e. The maximum Gasteiger partial charge on any atom is 0.325 e. The van der Waals surface area contributed by atoms with Gasteiger partial charge in [0.15, 0.2) is 5.78 Å². The fourth-order valence-electron chi connectivity index (χ4n) is 3.24. The lowest BCUT2D eigenvalue weighted by Crippen LogP contribution is -2.42.